The highest BCUT2D eigenvalue weighted by Crippen LogP contribution is 2.35. The van der Waals surface area contributed by atoms with Gasteiger partial charge in [0.2, 0.25) is 0 Å². The molecule has 3 heteroatoms. The number of benzene rings is 1. The van der Waals surface area contributed by atoms with Gasteiger partial charge in [0.1, 0.15) is 11.4 Å². The Hall–Kier alpha value is -1.87. The molecule has 2 heterocycles. The Balaban J connectivity index is 1.65. The van der Waals surface area contributed by atoms with E-state index in [9.17, 15) is 0 Å². The Labute approximate surface area is 126 Å². The zero-order valence-corrected chi connectivity index (χ0v) is 12.9. The number of fused-ring (bicyclic) bond motifs is 1. The number of ether oxygens (including phenoxy) is 1. The predicted octanol–water partition coefficient (Wildman–Crippen LogP) is 3.65. The molecular formula is C18H22N2O. The lowest BCUT2D eigenvalue weighted by atomic mass is 10.00. The minimum Gasteiger partial charge on any atom is -0.487 e. The van der Waals surface area contributed by atoms with Crippen molar-refractivity contribution in [3.05, 3.63) is 59.4 Å². The van der Waals surface area contributed by atoms with Crippen LogP contribution in [0.1, 0.15) is 43.5 Å². The molecule has 110 valence electrons. The molecular weight excluding hydrogens is 260 g/mol. The molecule has 0 fully saturated rings. The Morgan fingerprint density at radius 3 is 2.95 bits per heavy atom. The van der Waals surface area contributed by atoms with Crippen molar-refractivity contribution in [3.8, 4) is 5.75 Å². The minimum absolute atomic E-state index is 0.0720. The van der Waals surface area contributed by atoms with Crippen molar-refractivity contribution >= 4 is 0 Å². The fraction of sp³-hybridized carbons (Fsp3) is 0.389. The van der Waals surface area contributed by atoms with Gasteiger partial charge >= 0.3 is 0 Å². The molecule has 0 amide bonds. The van der Waals surface area contributed by atoms with Crippen molar-refractivity contribution in [1.82, 2.24) is 10.3 Å². The molecule has 1 aromatic carbocycles. The molecule has 2 aromatic rings. The molecule has 21 heavy (non-hydrogen) atoms. The summed E-state index contributed by atoms with van der Waals surface area (Å²) >= 11 is 0. The molecule has 1 atom stereocenters. The fourth-order valence-electron chi connectivity index (χ4n) is 2.79. The summed E-state index contributed by atoms with van der Waals surface area (Å²) in [6.07, 6.45) is 4.70. The summed E-state index contributed by atoms with van der Waals surface area (Å²) in [4.78, 5) is 4.17. The van der Waals surface area contributed by atoms with Gasteiger partial charge in [-0.1, -0.05) is 18.2 Å². The molecule has 0 saturated carbocycles. The molecule has 1 N–H and O–H groups in total. The van der Waals surface area contributed by atoms with Crippen LogP contribution in [0.25, 0.3) is 0 Å². The third-order valence-electron chi connectivity index (χ3n) is 3.92. The monoisotopic (exact) mass is 282 g/mol. The van der Waals surface area contributed by atoms with Crippen LogP contribution < -0.4 is 10.1 Å². The second-order valence-electron chi connectivity index (χ2n) is 6.37. The van der Waals surface area contributed by atoms with E-state index in [0.29, 0.717) is 6.04 Å². The minimum atomic E-state index is -0.0720. The van der Waals surface area contributed by atoms with Crippen LogP contribution in [0.2, 0.25) is 0 Å². The van der Waals surface area contributed by atoms with Crippen molar-refractivity contribution in [1.29, 1.82) is 0 Å². The van der Waals surface area contributed by atoms with Crippen molar-refractivity contribution in [3.63, 3.8) is 0 Å². The summed E-state index contributed by atoms with van der Waals surface area (Å²) in [7, 11) is 0. The molecule has 0 aliphatic carbocycles. The van der Waals surface area contributed by atoms with Gasteiger partial charge in [0.05, 0.1) is 0 Å². The summed E-state index contributed by atoms with van der Waals surface area (Å²) in [5.74, 6) is 1.03. The maximum atomic E-state index is 5.92. The van der Waals surface area contributed by atoms with E-state index in [0.717, 1.165) is 18.7 Å². The Morgan fingerprint density at radius 2 is 2.19 bits per heavy atom. The summed E-state index contributed by atoms with van der Waals surface area (Å²) in [6.45, 7) is 7.28. The number of pyridine rings is 1. The predicted molar refractivity (Wildman–Crippen MR) is 84.3 cm³/mol. The molecule has 1 aromatic heterocycles. The zero-order chi connectivity index (χ0) is 14.9. The van der Waals surface area contributed by atoms with Crippen LogP contribution in [0, 0.1) is 0 Å². The highest BCUT2D eigenvalue weighted by Gasteiger charge is 2.29. The van der Waals surface area contributed by atoms with E-state index in [4.69, 9.17) is 4.74 Å². The number of hydrogen-bond acceptors (Lipinski definition) is 3. The lowest BCUT2D eigenvalue weighted by Gasteiger charge is -2.16. The van der Waals surface area contributed by atoms with Crippen LogP contribution in [-0.2, 0) is 13.0 Å². The third-order valence-corrected chi connectivity index (χ3v) is 3.92. The molecule has 0 saturated heterocycles. The van der Waals surface area contributed by atoms with Crippen LogP contribution in [0.4, 0.5) is 0 Å². The fourth-order valence-corrected chi connectivity index (χ4v) is 2.79. The maximum Gasteiger partial charge on any atom is 0.123 e. The summed E-state index contributed by atoms with van der Waals surface area (Å²) in [6, 6.07) is 10.9. The largest absolute Gasteiger partial charge is 0.487 e. The summed E-state index contributed by atoms with van der Waals surface area (Å²) < 4.78 is 5.92. The maximum absolute atomic E-state index is 5.92. The van der Waals surface area contributed by atoms with Crippen molar-refractivity contribution in [2.45, 2.75) is 45.4 Å². The van der Waals surface area contributed by atoms with Crippen molar-refractivity contribution in [2.75, 3.05) is 0 Å². The first kappa shape index (κ1) is 14.1. The number of nitrogens with zero attached hydrogens (tertiary/aromatic N) is 1. The normalized spacial score (nSPS) is 17.1. The van der Waals surface area contributed by atoms with E-state index in [1.165, 1.54) is 16.7 Å². The number of aromatic nitrogens is 1. The molecule has 0 spiro atoms. The van der Waals surface area contributed by atoms with Gasteiger partial charge in [-0.2, -0.15) is 0 Å². The molecule has 0 unspecified atom stereocenters. The quantitative estimate of drug-likeness (QED) is 0.929. The summed E-state index contributed by atoms with van der Waals surface area (Å²) in [5, 5.41) is 3.55. The molecule has 3 nitrogen and oxygen atoms in total. The van der Waals surface area contributed by atoms with Gasteiger partial charge in [-0.3, -0.25) is 4.98 Å². The molecule has 0 radical (unpaired) electrons. The molecule has 0 bridgehead atoms. The van der Waals surface area contributed by atoms with Gasteiger partial charge in [0, 0.05) is 31.4 Å². The Bertz CT molecular complexity index is 622. The first-order valence-corrected chi connectivity index (χ1v) is 7.48. The lowest BCUT2D eigenvalue weighted by molar-refractivity contribution is 0.138. The van der Waals surface area contributed by atoms with Gasteiger partial charge in [-0.05, 0) is 49.6 Å². The highest BCUT2D eigenvalue weighted by molar-refractivity contribution is 5.41. The van der Waals surface area contributed by atoms with E-state index in [1.54, 1.807) is 6.20 Å². The Kier molecular flexibility index (Phi) is 3.68. The zero-order valence-electron chi connectivity index (χ0n) is 12.9. The topological polar surface area (TPSA) is 34.1 Å². The van der Waals surface area contributed by atoms with E-state index >= 15 is 0 Å². The van der Waals surface area contributed by atoms with Crippen molar-refractivity contribution < 1.29 is 4.74 Å². The number of nitrogens with one attached hydrogen (secondary N) is 1. The number of hydrogen-bond donors (Lipinski definition) is 1. The smallest absolute Gasteiger partial charge is 0.123 e. The molecule has 3 rings (SSSR count). The van der Waals surface area contributed by atoms with E-state index in [2.05, 4.69) is 55.3 Å². The second kappa shape index (κ2) is 5.49. The molecule has 1 aliphatic heterocycles. The van der Waals surface area contributed by atoms with Crippen LogP contribution >= 0.6 is 0 Å². The van der Waals surface area contributed by atoms with Gasteiger partial charge in [0.15, 0.2) is 0 Å². The van der Waals surface area contributed by atoms with Gasteiger partial charge in [-0.15, -0.1) is 0 Å². The van der Waals surface area contributed by atoms with E-state index in [-0.39, 0.29) is 5.60 Å². The van der Waals surface area contributed by atoms with Gasteiger partial charge in [0.25, 0.3) is 0 Å². The van der Waals surface area contributed by atoms with Crippen LogP contribution in [0.3, 0.4) is 0 Å². The van der Waals surface area contributed by atoms with Gasteiger partial charge in [-0.25, -0.2) is 0 Å². The van der Waals surface area contributed by atoms with Crippen LogP contribution in [0.5, 0.6) is 5.75 Å². The third kappa shape index (κ3) is 3.24. The average Bonchev–Trinajstić information content (AvgIpc) is 2.78. The van der Waals surface area contributed by atoms with Gasteiger partial charge < -0.3 is 10.1 Å². The number of rotatable bonds is 4. The SMILES string of the molecule is C[C@@H](NCc1ccc2c(c1)CC(C)(C)O2)c1cccnc1. The first-order valence-electron chi connectivity index (χ1n) is 7.48. The second-order valence-corrected chi connectivity index (χ2v) is 6.37. The standard InChI is InChI=1S/C18H22N2O/c1-13(15-5-4-8-19-12-15)20-11-14-6-7-17-16(9-14)10-18(2,3)21-17/h4-9,12-13,20H,10-11H2,1-3H3/t13-/m1/s1. The average molecular weight is 282 g/mol. The van der Waals surface area contributed by atoms with Crippen LogP contribution in [-0.4, -0.2) is 10.6 Å². The molecule has 1 aliphatic rings. The van der Waals surface area contributed by atoms with Crippen molar-refractivity contribution in [2.24, 2.45) is 0 Å². The highest BCUT2D eigenvalue weighted by atomic mass is 16.5. The Morgan fingerprint density at radius 1 is 1.33 bits per heavy atom. The van der Waals surface area contributed by atoms with Crippen LogP contribution in [0.15, 0.2) is 42.7 Å². The first-order chi connectivity index (χ1) is 10.0. The summed E-state index contributed by atoms with van der Waals surface area (Å²) in [5.41, 5.74) is 3.75. The van der Waals surface area contributed by atoms with E-state index < -0.39 is 0 Å². The van der Waals surface area contributed by atoms with E-state index in [1.807, 2.05) is 12.3 Å². The lowest BCUT2D eigenvalue weighted by Crippen LogP contribution is -2.24.